The molecule has 0 bridgehead atoms. The van der Waals surface area contributed by atoms with Crippen LogP contribution in [0.15, 0.2) is 47.5 Å². The van der Waals surface area contributed by atoms with Gasteiger partial charge in [0.2, 0.25) is 0 Å². The molecule has 0 saturated carbocycles. The van der Waals surface area contributed by atoms with Gasteiger partial charge in [0.15, 0.2) is 5.96 Å². The third kappa shape index (κ3) is 5.35. The zero-order valence-electron chi connectivity index (χ0n) is 13.8. The minimum Gasteiger partial charge on any atom is -0.508 e. The average Bonchev–Trinajstić information content (AvgIpc) is 2.59. The van der Waals surface area contributed by atoms with Gasteiger partial charge in [0.25, 0.3) is 0 Å². The summed E-state index contributed by atoms with van der Waals surface area (Å²) in [6.45, 7) is 1.17. The van der Waals surface area contributed by atoms with Gasteiger partial charge in [0.1, 0.15) is 11.5 Å². The van der Waals surface area contributed by atoms with E-state index in [9.17, 15) is 5.11 Å². The summed E-state index contributed by atoms with van der Waals surface area (Å²) in [4.78, 5) is 4.18. The number of hydrogen-bond acceptors (Lipinski definition) is 3. The Hall–Kier alpha value is -2.40. The molecule has 0 radical (unpaired) electrons. The Bertz CT molecular complexity index is 704. The standard InChI is InChI=1S/C18H22ClN3O2/c1-20-18(21-9-8-13-4-3-5-15(19)10-13)22-12-14-11-16(24-2)6-7-17(14)23/h3-7,10-11,23H,8-9,12H2,1-2H3,(H2,20,21,22). The minimum atomic E-state index is 0.220. The van der Waals surface area contributed by atoms with Crippen molar-refractivity contribution in [1.82, 2.24) is 10.6 Å². The van der Waals surface area contributed by atoms with E-state index in [0.29, 0.717) is 18.3 Å². The Kier molecular flexibility index (Phi) is 6.75. The molecule has 0 aromatic heterocycles. The highest BCUT2D eigenvalue weighted by Crippen LogP contribution is 2.22. The van der Waals surface area contributed by atoms with Gasteiger partial charge in [-0.15, -0.1) is 0 Å². The number of aliphatic imine (C=N–C) groups is 1. The fraction of sp³-hybridized carbons (Fsp3) is 0.278. The van der Waals surface area contributed by atoms with Crippen LogP contribution in [-0.4, -0.2) is 31.8 Å². The third-order valence-electron chi connectivity index (χ3n) is 3.55. The Balaban J connectivity index is 1.84. The number of halogens is 1. The first-order valence-electron chi connectivity index (χ1n) is 7.67. The molecule has 0 aliphatic carbocycles. The molecular weight excluding hydrogens is 326 g/mol. The van der Waals surface area contributed by atoms with E-state index in [4.69, 9.17) is 16.3 Å². The number of methoxy groups -OCH3 is 1. The number of aromatic hydroxyl groups is 1. The molecule has 0 fully saturated rings. The summed E-state index contributed by atoms with van der Waals surface area (Å²) in [5.74, 6) is 1.59. The first kappa shape index (κ1) is 17.9. The second kappa shape index (κ2) is 9.03. The molecule has 0 atom stereocenters. The number of benzene rings is 2. The van der Waals surface area contributed by atoms with Crippen molar-refractivity contribution in [1.29, 1.82) is 0 Å². The second-order valence-electron chi connectivity index (χ2n) is 5.23. The summed E-state index contributed by atoms with van der Waals surface area (Å²) in [6, 6.07) is 12.9. The number of ether oxygens (including phenoxy) is 1. The number of hydrogen-bond donors (Lipinski definition) is 3. The van der Waals surface area contributed by atoms with Gasteiger partial charge in [0.05, 0.1) is 7.11 Å². The highest BCUT2D eigenvalue weighted by atomic mass is 35.5. The van der Waals surface area contributed by atoms with Crippen LogP contribution in [0.2, 0.25) is 5.02 Å². The van der Waals surface area contributed by atoms with Crippen molar-refractivity contribution in [2.75, 3.05) is 20.7 Å². The van der Waals surface area contributed by atoms with Crippen LogP contribution in [0.25, 0.3) is 0 Å². The van der Waals surface area contributed by atoms with Crippen LogP contribution in [0.1, 0.15) is 11.1 Å². The quantitative estimate of drug-likeness (QED) is 0.555. The lowest BCUT2D eigenvalue weighted by Crippen LogP contribution is -2.37. The maximum atomic E-state index is 9.90. The van der Waals surface area contributed by atoms with Crippen molar-refractivity contribution >= 4 is 17.6 Å². The van der Waals surface area contributed by atoms with E-state index in [-0.39, 0.29) is 5.75 Å². The van der Waals surface area contributed by atoms with Crippen molar-refractivity contribution in [2.45, 2.75) is 13.0 Å². The van der Waals surface area contributed by atoms with Gasteiger partial charge in [-0.2, -0.15) is 0 Å². The highest BCUT2D eigenvalue weighted by molar-refractivity contribution is 6.30. The maximum absolute atomic E-state index is 9.90. The van der Waals surface area contributed by atoms with Gasteiger partial charge in [-0.05, 0) is 42.3 Å². The average molecular weight is 348 g/mol. The zero-order chi connectivity index (χ0) is 17.4. The second-order valence-corrected chi connectivity index (χ2v) is 5.66. The molecule has 24 heavy (non-hydrogen) atoms. The van der Waals surface area contributed by atoms with Gasteiger partial charge in [-0.1, -0.05) is 23.7 Å². The predicted octanol–water partition coefficient (Wildman–Crippen LogP) is 2.96. The number of nitrogens with zero attached hydrogens (tertiary/aromatic N) is 1. The lowest BCUT2D eigenvalue weighted by molar-refractivity contribution is 0.410. The number of phenols is 1. The van der Waals surface area contributed by atoms with Crippen LogP contribution < -0.4 is 15.4 Å². The Morgan fingerprint density at radius 1 is 1.21 bits per heavy atom. The molecule has 0 heterocycles. The predicted molar refractivity (Wildman–Crippen MR) is 98.0 cm³/mol. The van der Waals surface area contributed by atoms with Crippen LogP contribution >= 0.6 is 11.6 Å². The lowest BCUT2D eigenvalue weighted by atomic mass is 10.1. The summed E-state index contributed by atoms with van der Waals surface area (Å²) >= 11 is 5.98. The fourth-order valence-electron chi connectivity index (χ4n) is 2.25. The lowest BCUT2D eigenvalue weighted by Gasteiger charge is -2.13. The molecule has 0 amide bonds. The zero-order valence-corrected chi connectivity index (χ0v) is 14.6. The molecule has 2 rings (SSSR count). The molecule has 0 spiro atoms. The molecule has 5 nitrogen and oxygen atoms in total. The molecule has 3 N–H and O–H groups in total. The van der Waals surface area contributed by atoms with E-state index < -0.39 is 0 Å². The summed E-state index contributed by atoms with van der Waals surface area (Å²) in [6.07, 6.45) is 0.839. The van der Waals surface area contributed by atoms with E-state index in [0.717, 1.165) is 29.1 Å². The Labute approximate surface area is 147 Å². The monoisotopic (exact) mass is 347 g/mol. The number of nitrogens with one attached hydrogen (secondary N) is 2. The largest absolute Gasteiger partial charge is 0.508 e. The smallest absolute Gasteiger partial charge is 0.191 e. The maximum Gasteiger partial charge on any atom is 0.191 e. The van der Waals surface area contributed by atoms with E-state index in [1.54, 1.807) is 32.4 Å². The number of guanidine groups is 1. The molecule has 6 heteroatoms. The van der Waals surface area contributed by atoms with Crippen LogP contribution in [0.3, 0.4) is 0 Å². The van der Waals surface area contributed by atoms with Crippen molar-refractivity contribution in [3.8, 4) is 11.5 Å². The molecule has 128 valence electrons. The SMILES string of the molecule is CN=C(NCCc1cccc(Cl)c1)NCc1cc(OC)ccc1O. The van der Waals surface area contributed by atoms with Gasteiger partial charge < -0.3 is 20.5 Å². The third-order valence-corrected chi connectivity index (χ3v) is 3.79. The van der Waals surface area contributed by atoms with E-state index in [1.165, 1.54) is 0 Å². The summed E-state index contributed by atoms with van der Waals surface area (Å²) in [5.41, 5.74) is 1.91. The normalized spacial score (nSPS) is 11.2. The molecular formula is C18H22ClN3O2. The number of rotatable bonds is 6. The van der Waals surface area contributed by atoms with Crippen LogP contribution in [0.5, 0.6) is 11.5 Å². The van der Waals surface area contributed by atoms with E-state index in [2.05, 4.69) is 15.6 Å². The minimum absolute atomic E-state index is 0.220. The topological polar surface area (TPSA) is 65.9 Å². The van der Waals surface area contributed by atoms with Crippen LogP contribution in [0, 0.1) is 0 Å². The van der Waals surface area contributed by atoms with E-state index >= 15 is 0 Å². The summed E-state index contributed by atoms with van der Waals surface area (Å²) in [7, 11) is 3.31. The molecule has 0 saturated heterocycles. The Morgan fingerprint density at radius 3 is 2.75 bits per heavy atom. The van der Waals surface area contributed by atoms with Gasteiger partial charge in [-0.25, -0.2) is 0 Å². The molecule has 0 aliphatic heterocycles. The van der Waals surface area contributed by atoms with Gasteiger partial charge in [-0.3, -0.25) is 4.99 Å². The van der Waals surface area contributed by atoms with Gasteiger partial charge >= 0.3 is 0 Å². The fourth-order valence-corrected chi connectivity index (χ4v) is 2.46. The Morgan fingerprint density at radius 2 is 2.04 bits per heavy atom. The molecule has 2 aromatic carbocycles. The first-order valence-corrected chi connectivity index (χ1v) is 8.05. The molecule has 2 aromatic rings. The summed E-state index contributed by atoms with van der Waals surface area (Å²) < 4.78 is 5.17. The van der Waals surface area contributed by atoms with Crippen LogP contribution in [-0.2, 0) is 13.0 Å². The van der Waals surface area contributed by atoms with Crippen molar-refractivity contribution in [3.05, 3.63) is 58.6 Å². The molecule has 0 unspecified atom stereocenters. The van der Waals surface area contributed by atoms with Crippen molar-refractivity contribution in [2.24, 2.45) is 4.99 Å². The first-order chi connectivity index (χ1) is 11.6. The van der Waals surface area contributed by atoms with Crippen LogP contribution in [0.4, 0.5) is 0 Å². The molecule has 0 aliphatic rings. The van der Waals surface area contributed by atoms with Crippen molar-refractivity contribution < 1.29 is 9.84 Å². The summed E-state index contributed by atoms with van der Waals surface area (Å²) in [5, 5.41) is 17.0. The van der Waals surface area contributed by atoms with Crippen molar-refractivity contribution in [3.63, 3.8) is 0 Å². The number of phenolic OH excluding ortho intramolecular Hbond substituents is 1. The van der Waals surface area contributed by atoms with Gasteiger partial charge in [0, 0.05) is 30.7 Å². The highest BCUT2D eigenvalue weighted by Gasteiger charge is 2.05. The van der Waals surface area contributed by atoms with E-state index in [1.807, 2.05) is 24.3 Å².